The van der Waals surface area contributed by atoms with Gasteiger partial charge in [-0.1, -0.05) is 0 Å². The fraction of sp³-hybridized carbons (Fsp3) is 0.364. The first kappa shape index (κ1) is 9.06. The van der Waals surface area contributed by atoms with Gasteiger partial charge in [0, 0.05) is 18.2 Å². The minimum atomic E-state index is 0.691. The van der Waals surface area contributed by atoms with Crippen molar-refractivity contribution in [3.8, 4) is 0 Å². The van der Waals surface area contributed by atoms with Crippen molar-refractivity contribution < 1.29 is 4.42 Å². The Morgan fingerprint density at radius 1 is 1.00 bits per heavy atom. The van der Waals surface area contributed by atoms with Gasteiger partial charge in [-0.05, 0) is 31.9 Å². The molecule has 1 aromatic carbocycles. The Balaban J connectivity index is 3.01. The third-order valence-corrected chi connectivity index (χ3v) is 2.80. The average Bonchev–Trinajstić information content (AvgIpc) is 2.54. The molecule has 0 spiro atoms. The molecule has 0 atom stereocenters. The smallest absolute Gasteiger partial charge is 0.192 e. The highest BCUT2D eigenvalue weighted by atomic mass is 16.3. The molecule has 0 radical (unpaired) electrons. The van der Waals surface area contributed by atoms with Crippen molar-refractivity contribution in [1.29, 1.82) is 0 Å². The van der Waals surface area contributed by atoms with Gasteiger partial charge in [-0.15, -0.1) is 0 Å². The van der Waals surface area contributed by atoms with E-state index in [4.69, 9.17) is 10.2 Å². The molecule has 0 fully saturated rings. The standard InChI is InChI=1S/C11H14N2O/c1-5-6(2)10-11(7(3)9(5)12)14-8(4)13-10/h12H2,1-4H3. The molecule has 3 nitrogen and oxygen atoms in total. The van der Waals surface area contributed by atoms with Crippen molar-refractivity contribution in [1.82, 2.24) is 4.98 Å². The number of oxazole rings is 1. The molecule has 14 heavy (non-hydrogen) atoms. The van der Waals surface area contributed by atoms with Crippen molar-refractivity contribution in [3.63, 3.8) is 0 Å². The van der Waals surface area contributed by atoms with Crippen LogP contribution >= 0.6 is 0 Å². The summed E-state index contributed by atoms with van der Waals surface area (Å²) in [7, 11) is 0. The highest BCUT2D eigenvalue weighted by molar-refractivity contribution is 5.86. The summed E-state index contributed by atoms with van der Waals surface area (Å²) in [6, 6.07) is 0. The van der Waals surface area contributed by atoms with Gasteiger partial charge in [0.15, 0.2) is 11.5 Å². The number of hydrogen-bond donors (Lipinski definition) is 1. The van der Waals surface area contributed by atoms with Gasteiger partial charge in [-0.25, -0.2) is 4.98 Å². The molecule has 3 heteroatoms. The SMILES string of the molecule is Cc1nc2c(C)c(C)c(N)c(C)c2o1. The van der Waals surface area contributed by atoms with Crippen LogP contribution in [0.2, 0.25) is 0 Å². The highest BCUT2D eigenvalue weighted by Crippen LogP contribution is 2.31. The van der Waals surface area contributed by atoms with Crippen LogP contribution < -0.4 is 5.73 Å². The lowest BCUT2D eigenvalue weighted by molar-refractivity contribution is 0.559. The number of fused-ring (bicyclic) bond motifs is 1. The summed E-state index contributed by atoms with van der Waals surface area (Å²) >= 11 is 0. The summed E-state index contributed by atoms with van der Waals surface area (Å²) in [5, 5.41) is 0. The number of anilines is 1. The van der Waals surface area contributed by atoms with E-state index in [9.17, 15) is 0 Å². The average molecular weight is 190 g/mol. The maximum absolute atomic E-state index is 5.97. The van der Waals surface area contributed by atoms with Crippen LogP contribution in [0.5, 0.6) is 0 Å². The van der Waals surface area contributed by atoms with Crippen LogP contribution in [-0.4, -0.2) is 4.98 Å². The monoisotopic (exact) mass is 190 g/mol. The summed E-state index contributed by atoms with van der Waals surface area (Å²) in [5.74, 6) is 0.691. The third kappa shape index (κ3) is 1.02. The van der Waals surface area contributed by atoms with Gasteiger partial charge in [0.05, 0.1) is 0 Å². The summed E-state index contributed by atoms with van der Waals surface area (Å²) in [6.45, 7) is 7.86. The van der Waals surface area contributed by atoms with Crippen LogP contribution in [0.1, 0.15) is 22.6 Å². The molecule has 2 N–H and O–H groups in total. The number of aryl methyl sites for hydroxylation is 3. The second-order valence-electron chi connectivity index (χ2n) is 3.70. The topological polar surface area (TPSA) is 52.0 Å². The molecule has 0 amide bonds. The molecule has 0 saturated carbocycles. The number of nitrogen functional groups attached to an aromatic ring is 1. The van der Waals surface area contributed by atoms with Crippen LogP contribution in [0, 0.1) is 27.7 Å². The Kier molecular flexibility index (Phi) is 1.77. The number of nitrogens with two attached hydrogens (primary N) is 1. The predicted octanol–water partition coefficient (Wildman–Crippen LogP) is 2.64. The van der Waals surface area contributed by atoms with Crippen molar-refractivity contribution >= 4 is 16.8 Å². The van der Waals surface area contributed by atoms with E-state index in [2.05, 4.69) is 4.98 Å². The first-order valence-corrected chi connectivity index (χ1v) is 4.64. The molecule has 0 aliphatic rings. The molecule has 2 aromatic rings. The summed E-state index contributed by atoms with van der Waals surface area (Å²) in [5.41, 5.74) is 11.7. The highest BCUT2D eigenvalue weighted by Gasteiger charge is 2.14. The summed E-state index contributed by atoms with van der Waals surface area (Å²) in [4.78, 5) is 4.35. The molecular weight excluding hydrogens is 176 g/mol. The zero-order chi connectivity index (χ0) is 10.5. The lowest BCUT2D eigenvalue weighted by atomic mass is 10.0. The largest absolute Gasteiger partial charge is 0.441 e. The van der Waals surface area contributed by atoms with Gasteiger partial charge in [0.1, 0.15) is 5.52 Å². The van der Waals surface area contributed by atoms with Gasteiger partial charge < -0.3 is 10.2 Å². The fourth-order valence-corrected chi connectivity index (χ4v) is 1.72. The van der Waals surface area contributed by atoms with Gasteiger partial charge in [0.25, 0.3) is 0 Å². The lowest BCUT2D eigenvalue weighted by Gasteiger charge is -2.07. The van der Waals surface area contributed by atoms with Gasteiger partial charge >= 0.3 is 0 Å². The number of rotatable bonds is 0. The van der Waals surface area contributed by atoms with Crippen molar-refractivity contribution in [3.05, 3.63) is 22.6 Å². The van der Waals surface area contributed by atoms with Crippen LogP contribution in [0.25, 0.3) is 11.1 Å². The first-order chi connectivity index (χ1) is 6.52. The quantitative estimate of drug-likeness (QED) is 0.650. The molecule has 0 aliphatic heterocycles. The third-order valence-electron chi connectivity index (χ3n) is 2.80. The summed E-state index contributed by atoms with van der Waals surface area (Å²) < 4.78 is 5.52. The fourth-order valence-electron chi connectivity index (χ4n) is 1.72. The summed E-state index contributed by atoms with van der Waals surface area (Å²) in [6.07, 6.45) is 0. The molecule has 0 bridgehead atoms. The Hall–Kier alpha value is -1.51. The maximum atomic E-state index is 5.97. The molecule has 1 heterocycles. The minimum absolute atomic E-state index is 0.691. The Morgan fingerprint density at radius 2 is 1.64 bits per heavy atom. The normalized spacial score (nSPS) is 11.1. The van der Waals surface area contributed by atoms with E-state index >= 15 is 0 Å². The van der Waals surface area contributed by atoms with Crippen LogP contribution in [0.3, 0.4) is 0 Å². The van der Waals surface area contributed by atoms with E-state index in [1.807, 2.05) is 27.7 Å². The van der Waals surface area contributed by atoms with Gasteiger partial charge in [-0.2, -0.15) is 0 Å². The van der Waals surface area contributed by atoms with E-state index in [1.165, 1.54) is 0 Å². The van der Waals surface area contributed by atoms with Gasteiger partial charge in [0.2, 0.25) is 0 Å². The van der Waals surface area contributed by atoms with Crippen LogP contribution in [0.4, 0.5) is 5.69 Å². The molecule has 2 rings (SSSR count). The van der Waals surface area contributed by atoms with Crippen LogP contribution in [0.15, 0.2) is 4.42 Å². The maximum Gasteiger partial charge on any atom is 0.192 e. The molecule has 74 valence electrons. The Bertz CT molecular complexity index is 467. The van der Waals surface area contributed by atoms with Crippen molar-refractivity contribution in [2.24, 2.45) is 0 Å². The predicted molar refractivity (Wildman–Crippen MR) is 57.4 cm³/mol. The molecule has 1 aromatic heterocycles. The zero-order valence-corrected chi connectivity index (χ0v) is 8.93. The number of aromatic nitrogens is 1. The second-order valence-corrected chi connectivity index (χ2v) is 3.70. The number of nitrogens with zero attached hydrogens (tertiary/aromatic N) is 1. The van der Waals surface area contributed by atoms with E-state index in [-0.39, 0.29) is 0 Å². The Morgan fingerprint density at radius 3 is 2.29 bits per heavy atom. The molecular formula is C11H14N2O. The molecule has 0 aliphatic carbocycles. The molecule has 0 saturated heterocycles. The van der Waals surface area contributed by atoms with E-state index in [0.717, 1.165) is 33.5 Å². The molecule has 0 unspecified atom stereocenters. The van der Waals surface area contributed by atoms with Crippen LogP contribution in [-0.2, 0) is 0 Å². The number of hydrogen-bond acceptors (Lipinski definition) is 3. The van der Waals surface area contributed by atoms with E-state index in [0.29, 0.717) is 5.89 Å². The zero-order valence-electron chi connectivity index (χ0n) is 8.93. The van der Waals surface area contributed by atoms with E-state index in [1.54, 1.807) is 0 Å². The first-order valence-electron chi connectivity index (χ1n) is 4.64. The van der Waals surface area contributed by atoms with Crippen molar-refractivity contribution in [2.75, 3.05) is 5.73 Å². The van der Waals surface area contributed by atoms with E-state index < -0.39 is 0 Å². The minimum Gasteiger partial charge on any atom is -0.441 e. The Labute approximate surface area is 82.9 Å². The lowest BCUT2D eigenvalue weighted by Crippen LogP contribution is -1.97. The number of benzene rings is 1. The van der Waals surface area contributed by atoms with Gasteiger partial charge in [-0.3, -0.25) is 0 Å². The van der Waals surface area contributed by atoms with Crippen molar-refractivity contribution in [2.45, 2.75) is 27.7 Å². The second kappa shape index (κ2) is 2.74.